The molecule has 0 atom stereocenters. The first-order valence-electron chi connectivity index (χ1n) is 11.4. The molecular weight excluding hydrogens is 422 g/mol. The van der Waals surface area contributed by atoms with E-state index in [0.717, 1.165) is 24.7 Å². The van der Waals surface area contributed by atoms with Gasteiger partial charge >= 0.3 is 0 Å². The number of hydrogen-bond donors (Lipinski definition) is 0. The number of benzene rings is 1. The minimum Gasteiger partial charge on any atom is -0.487 e. The molecule has 1 aliphatic carbocycles. The van der Waals surface area contributed by atoms with Crippen LogP contribution in [0, 0.1) is 0 Å². The van der Waals surface area contributed by atoms with Crippen LogP contribution >= 0.6 is 11.6 Å². The number of hydrogen-bond acceptors (Lipinski definition) is 4. The van der Waals surface area contributed by atoms with E-state index in [-0.39, 0.29) is 5.56 Å². The highest BCUT2D eigenvalue weighted by molar-refractivity contribution is 6.30. The summed E-state index contributed by atoms with van der Waals surface area (Å²) in [7, 11) is 0. The Labute approximate surface area is 194 Å². The molecule has 3 aromatic rings. The summed E-state index contributed by atoms with van der Waals surface area (Å²) in [6.07, 6.45) is 8.07. The van der Waals surface area contributed by atoms with Gasteiger partial charge in [0.25, 0.3) is 5.56 Å². The van der Waals surface area contributed by atoms with Crippen molar-refractivity contribution < 1.29 is 4.74 Å². The van der Waals surface area contributed by atoms with Crippen molar-refractivity contribution in [1.29, 1.82) is 0 Å². The summed E-state index contributed by atoms with van der Waals surface area (Å²) in [5.41, 5.74) is 3.30. The SMILES string of the molecule is CCCN(Cc1ccc(CCn2ccc(OCc3ccc(Cl)cn3)cc2=O)cc1)C1CC1. The fraction of sp³-hybridized carbons (Fsp3) is 0.385. The molecule has 0 aliphatic heterocycles. The van der Waals surface area contributed by atoms with Crippen molar-refractivity contribution in [2.24, 2.45) is 0 Å². The number of nitrogens with zero attached hydrogens (tertiary/aromatic N) is 3. The summed E-state index contributed by atoms with van der Waals surface area (Å²) in [5.74, 6) is 0.541. The van der Waals surface area contributed by atoms with Crippen molar-refractivity contribution in [2.75, 3.05) is 6.54 Å². The van der Waals surface area contributed by atoms with Crippen LogP contribution in [-0.2, 0) is 26.1 Å². The molecule has 0 radical (unpaired) electrons. The first kappa shape index (κ1) is 22.6. The summed E-state index contributed by atoms with van der Waals surface area (Å²) >= 11 is 5.84. The molecule has 1 aliphatic rings. The Morgan fingerprint density at radius 1 is 1.12 bits per heavy atom. The van der Waals surface area contributed by atoms with Gasteiger partial charge in [-0.15, -0.1) is 0 Å². The van der Waals surface area contributed by atoms with Crippen LogP contribution in [0.1, 0.15) is 43.0 Å². The van der Waals surface area contributed by atoms with Gasteiger partial charge in [0, 0.05) is 37.6 Å². The molecule has 1 saturated carbocycles. The van der Waals surface area contributed by atoms with E-state index in [2.05, 4.69) is 41.1 Å². The van der Waals surface area contributed by atoms with Gasteiger partial charge in [0.2, 0.25) is 0 Å². The van der Waals surface area contributed by atoms with Gasteiger partial charge < -0.3 is 9.30 Å². The Kier molecular flexibility index (Phi) is 7.61. The first-order chi connectivity index (χ1) is 15.6. The molecule has 0 bridgehead atoms. The van der Waals surface area contributed by atoms with Crippen LogP contribution in [-0.4, -0.2) is 27.0 Å². The van der Waals surface area contributed by atoms with E-state index < -0.39 is 0 Å². The van der Waals surface area contributed by atoms with Crippen LogP contribution in [0.4, 0.5) is 0 Å². The lowest BCUT2D eigenvalue weighted by atomic mass is 10.1. The fourth-order valence-corrected chi connectivity index (χ4v) is 3.94. The molecule has 6 heteroatoms. The second kappa shape index (κ2) is 10.8. The molecule has 5 nitrogen and oxygen atoms in total. The highest BCUT2D eigenvalue weighted by atomic mass is 35.5. The fourth-order valence-electron chi connectivity index (χ4n) is 3.83. The average molecular weight is 452 g/mol. The van der Waals surface area contributed by atoms with Crippen molar-refractivity contribution in [1.82, 2.24) is 14.5 Å². The third kappa shape index (κ3) is 6.44. The zero-order valence-electron chi connectivity index (χ0n) is 18.5. The molecule has 0 unspecified atom stereocenters. The minimum atomic E-state index is -0.0668. The van der Waals surface area contributed by atoms with Crippen molar-refractivity contribution in [3.8, 4) is 5.75 Å². The highest BCUT2D eigenvalue weighted by Crippen LogP contribution is 2.28. The number of aromatic nitrogens is 2. The second-order valence-electron chi connectivity index (χ2n) is 8.42. The quantitative estimate of drug-likeness (QED) is 0.407. The van der Waals surface area contributed by atoms with Gasteiger partial charge in [0.15, 0.2) is 0 Å². The van der Waals surface area contributed by atoms with Crippen LogP contribution in [0.15, 0.2) is 65.7 Å². The monoisotopic (exact) mass is 451 g/mol. The van der Waals surface area contributed by atoms with Crippen molar-refractivity contribution in [3.63, 3.8) is 0 Å². The molecular formula is C26H30ClN3O2. The lowest BCUT2D eigenvalue weighted by Crippen LogP contribution is -2.26. The van der Waals surface area contributed by atoms with E-state index in [9.17, 15) is 4.79 Å². The molecule has 1 aromatic carbocycles. The van der Waals surface area contributed by atoms with Crippen molar-refractivity contribution in [3.05, 3.63) is 93.1 Å². The topological polar surface area (TPSA) is 47.4 Å². The maximum Gasteiger partial charge on any atom is 0.254 e. The van der Waals surface area contributed by atoms with Crippen LogP contribution < -0.4 is 10.3 Å². The summed E-state index contributed by atoms with van der Waals surface area (Å²) in [6.45, 7) is 5.39. The van der Waals surface area contributed by atoms with Crippen LogP contribution in [0.25, 0.3) is 0 Å². The smallest absolute Gasteiger partial charge is 0.254 e. The first-order valence-corrected chi connectivity index (χ1v) is 11.7. The molecule has 4 rings (SSSR count). The number of aryl methyl sites for hydroxylation is 2. The van der Waals surface area contributed by atoms with E-state index in [1.54, 1.807) is 23.0 Å². The molecule has 1 fully saturated rings. The molecule has 2 heterocycles. The molecule has 0 saturated heterocycles. The maximum atomic E-state index is 12.5. The molecule has 0 spiro atoms. The summed E-state index contributed by atoms with van der Waals surface area (Å²) < 4.78 is 7.41. The van der Waals surface area contributed by atoms with E-state index in [1.807, 2.05) is 12.1 Å². The molecule has 168 valence electrons. The van der Waals surface area contributed by atoms with Gasteiger partial charge in [0.05, 0.1) is 10.7 Å². The molecule has 2 aromatic heterocycles. The molecule has 0 amide bonds. The van der Waals surface area contributed by atoms with Gasteiger partial charge in [-0.2, -0.15) is 0 Å². The summed E-state index contributed by atoms with van der Waals surface area (Å²) in [6, 6.07) is 16.5. The maximum absolute atomic E-state index is 12.5. The number of pyridine rings is 2. The Balaban J connectivity index is 1.28. The van der Waals surface area contributed by atoms with Crippen LogP contribution in [0.3, 0.4) is 0 Å². The Morgan fingerprint density at radius 2 is 1.91 bits per heavy atom. The normalized spacial score (nSPS) is 13.5. The third-order valence-electron chi connectivity index (χ3n) is 5.77. The predicted molar refractivity (Wildman–Crippen MR) is 128 cm³/mol. The van der Waals surface area contributed by atoms with Crippen LogP contribution in [0.5, 0.6) is 5.75 Å². The van der Waals surface area contributed by atoms with Crippen LogP contribution in [0.2, 0.25) is 5.02 Å². The summed E-state index contributed by atoms with van der Waals surface area (Å²) in [5, 5.41) is 0.586. The van der Waals surface area contributed by atoms with Gasteiger partial charge in [-0.3, -0.25) is 14.7 Å². The van der Waals surface area contributed by atoms with Crippen molar-refractivity contribution >= 4 is 11.6 Å². The Bertz CT molecular complexity index is 1060. The Hall–Kier alpha value is -2.63. The highest BCUT2D eigenvalue weighted by Gasteiger charge is 2.28. The summed E-state index contributed by atoms with van der Waals surface area (Å²) in [4.78, 5) is 19.3. The zero-order chi connectivity index (χ0) is 22.3. The van der Waals surface area contributed by atoms with Gasteiger partial charge in [-0.05, 0) is 61.6 Å². The standard InChI is InChI=1S/C26H30ClN3O2/c1-2-13-30(24-9-10-24)18-21-5-3-20(4-6-21)11-14-29-15-12-25(16-26(29)31)32-19-23-8-7-22(27)17-28-23/h3-8,12,15-17,24H,2,9-11,13-14,18-19H2,1H3. The van der Waals surface area contributed by atoms with E-state index in [4.69, 9.17) is 16.3 Å². The van der Waals surface area contributed by atoms with Gasteiger partial charge in [-0.1, -0.05) is 42.8 Å². The molecule has 32 heavy (non-hydrogen) atoms. The second-order valence-corrected chi connectivity index (χ2v) is 8.86. The largest absolute Gasteiger partial charge is 0.487 e. The number of halogens is 1. The predicted octanol–water partition coefficient (Wildman–Crippen LogP) is 5.09. The lowest BCUT2D eigenvalue weighted by molar-refractivity contribution is 0.255. The molecule has 0 N–H and O–H groups in total. The van der Waals surface area contributed by atoms with E-state index in [1.165, 1.54) is 43.0 Å². The minimum absolute atomic E-state index is 0.0668. The van der Waals surface area contributed by atoms with E-state index >= 15 is 0 Å². The zero-order valence-corrected chi connectivity index (χ0v) is 19.3. The average Bonchev–Trinajstić information content (AvgIpc) is 3.64. The van der Waals surface area contributed by atoms with Gasteiger partial charge in [-0.25, -0.2) is 0 Å². The third-order valence-corrected chi connectivity index (χ3v) is 5.99. The van der Waals surface area contributed by atoms with E-state index in [0.29, 0.717) is 23.9 Å². The number of ether oxygens (including phenoxy) is 1. The number of rotatable bonds is 11. The van der Waals surface area contributed by atoms with Crippen molar-refractivity contribution in [2.45, 2.75) is 58.3 Å². The lowest BCUT2D eigenvalue weighted by Gasteiger charge is -2.21. The van der Waals surface area contributed by atoms with Gasteiger partial charge in [0.1, 0.15) is 12.4 Å². The Morgan fingerprint density at radius 3 is 2.56 bits per heavy atom.